The quantitative estimate of drug-likeness (QED) is 0.582. The van der Waals surface area contributed by atoms with Crippen molar-refractivity contribution in [2.45, 2.75) is 6.92 Å². The van der Waals surface area contributed by atoms with Crippen LogP contribution in [0.25, 0.3) is 0 Å². The zero-order valence-electron chi connectivity index (χ0n) is 3.60. The molecule has 0 heterocycles. The summed E-state index contributed by atoms with van der Waals surface area (Å²) in [4.78, 5) is 9.24. The van der Waals surface area contributed by atoms with Gasteiger partial charge in [-0.1, -0.05) is 6.92 Å². The van der Waals surface area contributed by atoms with E-state index in [1.54, 1.807) is 5.62 Å². The number of thioether (sulfide) groups is 1. The smallest absolute Gasteiger partial charge is 0 e. The van der Waals surface area contributed by atoms with Crippen LogP contribution in [0.15, 0.2) is 0 Å². The Kier molecular flexibility index (Phi) is 16.0. The predicted octanol–water partition coefficient (Wildman–Crippen LogP) is 0.804. The SMILES string of the molecule is CCS[C-]=O.[Y]. The summed E-state index contributed by atoms with van der Waals surface area (Å²) in [5, 5.41) is 0. The summed E-state index contributed by atoms with van der Waals surface area (Å²) in [5.41, 5.74) is 1.68. The van der Waals surface area contributed by atoms with Crippen molar-refractivity contribution in [3.05, 3.63) is 0 Å². The number of hydrogen-bond acceptors (Lipinski definition) is 2. The van der Waals surface area contributed by atoms with Gasteiger partial charge in [-0.2, -0.15) is 0 Å². The molecule has 0 aromatic carbocycles. The summed E-state index contributed by atoms with van der Waals surface area (Å²) in [7, 11) is 0. The topological polar surface area (TPSA) is 17.1 Å². The second-order valence-corrected chi connectivity index (χ2v) is 1.55. The van der Waals surface area contributed by atoms with Gasteiger partial charge in [0.2, 0.25) is 0 Å². The van der Waals surface area contributed by atoms with Gasteiger partial charge in [0, 0.05) is 32.7 Å². The molecule has 0 aromatic rings. The first-order chi connectivity index (χ1) is 2.41. The Labute approximate surface area is 67.1 Å². The van der Waals surface area contributed by atoms with Gasteiger partial charge >= 0.3 is 0 Å². The summed E-state index contributed by atoms with van der Waals surface area (Å²) in [6.45, 7) is 1.91. The van der Waals surface area contributed by atoms with Crippen molar-refractivity contribution in [2.75, 3.05) is 5.75 Å². The van der Waals surface area contributed by atoms with Crippen LogP contribution in [0.3, 0.4) is 0 Å². The monoisotopic (exact) mass is 178 g/mol. The average Bonchev–Trinajstić information content (AvgIpc) is 1.41. The molecule has 0 aromatic heterocycles. The van der Waals surface area contributed by atoms with Crippen LogP contribution >= 0.6 is 11.8 Å². The van der Waals surface area contributed by atoms with Crippen LogP contribution < -0.4 is 0 Å². The molecule has 3 heteroatoms. The Balaban J connectivity index is 0. The van der Waals surface area contributed by atoms with E-state index in [0.717, 1.165) is 17.5 Å². The van der Waals surface area contributed by atoms with Crippen molar-refractivity contribution in [1.82, 2.24) is 0 Å². The maximum Gasteiger partial charge on any atom is 0 e. The maximum atomic E-state index is 9.24. The molecule has 6 heavy (non-hydrogen) atoms. The van der Waals surface area contributed by atoms with Gasteiger partial charge in [0.25, 0.3) is 0 Å². The Bertz CT molecular complexity index is 32.0. The van der Waals surface area contributed by atoms with Crippen molar-refractivity contribution >= 4 is 17.4 Å². The van der Waals surface area contributed by atoms with Gasteiger partial charge in [0.05, 0.1) is 0 Å². The fraction of sp³-hybridized carbons (Fsp3) is 0.667. The molecule has 0 saturated heterocycles. The van der Waals surface area contributed by atoms with Crippen LogP contribution in [0.5, 0.6) is 0 Å². The second-order valence-electron chi connectivity index (χ2n) is 0.516. The van der Waals surface area contributed by atoms with E-state index < -0.39 is 0 Å². The van der Waals surface area contributed by atoms with E-state index in [1.165, 1.54) is 0 Å². The third-order valence-corrected chi connectivity index (χ3v) is 0.610. The molecule has 0 spiro atoms. The van der Waals surface area contributed by atoms with Crippen molar-refractivity contribution in [1.29, 1.82) is 0 Å². The van der Waals surface area contributed by atoms with Crippen LogP contribution in [0.4, 0.5) is 0 Å². The van der Waals surface area contributed by atoms with Crippen molar-refractivity contribution in [2.24, 2.45) is 0 Å². The first-order valence-corrected chi connectivity index (χ1v) is 2.39. The van der Waals surface area contributed by atoms with E-state index in [1.807, 2.05) is 6.92 Å². The molecule has 0 N–H and O–H groups in total. The maximum absolute atomic E-state index is 9.24. The molecular weight excluding hydrogens is 173 g/mol. The van der Waals surface area contributed by atoms with E-state index in [2.05, 4.69) is 0 Å². The van der Waals surface area contributed by atoms with Gasteiger partial charge in [-0.15, -0.1) is 0 Å². The van der Waals surface area contributed by atoms with Gasteiger partial charge in [0.15, 0.2) is 0 Å². The van der Waals surface area contributed by atoms with Crippen molar-refractivity contribution in [3.63, 3.8) is 0 Å². The Morgan fingerprint density at radius 1 is 1.83 bits per heavy atom. The van der Waals surface area contributed by atoms with E-state index >= 15 is 0 Å². The Hall–Kier alpha value is 1.12. The molecule has 0 bridgehead atoms. The molecule has 0 rings (SSSR count). The Morgan fingerprint density at radius 2 is 2.33 bits per heavy atom. The Morgan fingerprint density at radius 3 is 2.33 bits per heavy atom. The average molecular weight is 178 g/mol. The van der Waals surface area contributed by atoms with Gasteiger partial charge in [-0.3, -0.25) is 0 Å². The molecule has 1 radical (unpaired) electrons. The first-order valence-electron chi connectivity index (χ1n) is 1.40. The summed E-state index contributed by atoms with van der Waals surface area (Å²) < 4.78 is 0. The molecule has 33 valence electrons. The van der Waals surface area contributed by atoms with Crippen molar-refractivity contribution in [3.8, 4) is 0 Å². The van der Waals surface area contributed by atoms with E-state index in [4.69, 9.17) is 0 Å². The van der Waals surface area contributed by atoms with E-state index in [0.29, 0.717) is 0 Å². The van der Waals surface area contributed by atoms with E-state index in [9.17, 15) is 4.79 Å². The van der Waals surface area contributed by atoms with Gasteiger partial charge in [0.1, 0.15) is 0 Å². The minimum Gasteiger partial charge on any atom is -0.530 e. The van der Waals surface area contributed by atoms with E-state index in [-0.39, 0.29) is 32.7 Å². The summed E-state index contributed by atoms with van der Waals surface area (Å²) in [6.07, 6.45) is 0. The summed E-state index contributed by atoms with van der Waals surface area (Å²) in [5.74, 6) is 0.837. The molecule has 0 amide bonds. The van der Waals surface area contributed by atoms with Gasteiger partial charge in [-0.25, -0.2) is 5.62 Å². The fourth-order valence-corrected chi connectivity index (χ4v) is 0.177. The minimum absolute atomic E-state index is 0. The third-order valence-electron chi connectivity index (χ3n) is 0.203. The third kappa shape index (κ3) is 8.93. The molecule has 1 nitrogen and oxygen atoms in total. The molecule has 0 aliphatic carbocycles. The minimum atomic E-state index is 0. The molecule has 0 saturated carbocycles. The normalized spacial score (nSPS) is 6.17. The molecule has 0 atom stereocenters. The predicted molar refractivity (Wildman–Crippen MR) is 23.8 cm³/mol. The standard InChI is InChI=1S/C3H5OS.Y/c1-2-5-3-4;/h2H2,1H3;/q-1;. The largest absolute Gasteiger partial charge is 0.530 e. The number of carbonyl (C=O) groups excluding carboxylic acids is 1. The zero-order chi connectivity index (χ0) is 4.12. The molecule has 0 unspecified atom stereocenters. The van der Waals surface area contributed by atoms with Gasteiger partial charge in [-0.05, 0) is 5.75 Å². The van der Waals surface area contributed by atoms with Crippen molar-refractivity contribution < 1.29 is 37.5 Å². The van der Waals surface area contributed by atoms with Gasteiger partial charge < -0.3 is 16.6 Å². The number of rotatable bonds is 2. The molecule has 0 aliphatic rings. The van der Waals surface area contributed by atoms with Crippen LogP contribution in [0, 0.1) is 0 Å². The summed E-state index contributed by atoms with van der Waals surface area (Å²) in [6, 6.07) is 0. The van der Waals surface area contributed by atoms with Crippen LogP contribution in [-0.4, -0.2) is 11.4 Å². The second kappa shape index (κ2) is 9.45. The summed E-state index contributed by atoms with van der Waals surface area (Å²) >= 11 is 1.16. The molecular formula is C3H5OSY-. The molecule has 0 fully saturated rings. The molecule has 0 aliphatic heterocycles. The first kappa shape index (κ1) is 10.2. The van der Waals surface area contributed by atoms with Crippen LogP contribution in [-0.2, 0) is 37.5 Å². The zero-order valence-corrected chi connectivity index (χ0v) is 7.26. The van der Waals surface area contributed by atoms with Crippen LogP contribution in [0.2, 0.25) is 0 Å². The van der Waals surface area contributed by atoms with Crippen LogP contribution in [0.1, 0.15) is 6.92 Å². The fourth-order valence-electron chi connectivity index (χ4n) is 0.0589. The number of hydrogen-bond donors (Lipinski definition) is 0.